The third-order valence-electron chi connectivity index (χ3n) is 2.31. The smallest absolute Gasteiger partial charge is 0.125 e. The normalized spacial score (nSPS) is 12.1. The zero-order chi connectivity index (χ0) is 12.3. The van der Waals surface area contributed by atoms with Gasteiger partial charge in [-0.2, -0.15) is 5.26 Å². The van der Waals surface area contributed by atoms with Gasteiger partial charge in [0.15, 0.2) is 0 Å². The third-order valence-corrected chi connectivity index (χ3v) is 3.44. The van der Waals surface area contributed by atoms with Crippen molar-refractivity contribution in [2.45, 2.75) is 0 Å². The molecule has 2 heterocycles. The molecule has 2 rings (SSSR count). The molecule has 0 fully saturated rings. The average Bonchev–Trinajstić information content (AvgIpc) is 2.74. The summed E-state index contributed by atoms with van der Waals surface area (Å²) in [4.78, 5) is 10.0. The maximum atomic E-state index is 9.24. The van der Waals surface area contributed by atoms with Gasteiger partial charge < -0.3 is 5.73 Å². The van der Waals surface area contributed by atoms with Gasteiger partial charge in [-0.15, -0.1) is 11.3 Å². The van der Waals surface area contributed by atoms with Crippen LogP contribution in [0.5, 0.6) is 0 Å². The minimum absolute atomic E-state index is 0.608. The highest BCUT2D eigenvalue weighted by molar-refractivity contribution is 7.21. The number of hydrogen-bond donors (Lipinski definition) is 1. The molecule has 2 aromatic rings. The number of aliphatic imine (C=N–C) groups is 1. The molecule has 84 valence electrons. The zero-order valence-corrected chi connectivity index (χ0v) is 10.0. The Morgan fingerprint density at radius 1 is 1.65 bits per heavy atom. The van der Waals surface area contributed by atoms with Gasteiger partial charge in [0.2, 0.25) is 0 Å². The molecule has 2 aromatic heterocycles. The highest BCUT2D eigenvalue weighted by Gasteiger charge is 2.15. The highest BCUT2D eigenvalue weighted by atomic mass is 32.1. The lowest BCUT2D eigenvalue weighted by atomic mass is 10.1. The molecule has 0 radical (unpaired) electrons. The predicted molar refractivity (Wildman–Crippen MR) is 70.1 cm³/mol. The lowest BCUT2D eigenvalue weighted by Crippen LogP contribution is -1.97. The van der Waals surface area contributed by atoms with Crippen molar-refractivity contribution in [2.24, 2.45) is 10.7 Å². The molecule has 0 aliphatic carbocycles. The van der Waals surface area contributed by atoms with E-state index in [4.69, 9.17) is 5.73 Å². The number of aromatic nitrogens is 1. The van der Waals surface area contributed by atoms with E-state index in [9.17, 15) is 5.26 Å². The molecule has 0 atom stereocenters. The first-order valence-corrected chi connectivity index (χ1v) is 5.76. The quantitative estimate of drug-likeness (QED) is 0.819. The molecule has 2 N–H and O–H groups in total. The van der Waals surface area contributed by atoms with Gasteiger partial charge in [0.25, 0.3) is 0 Å². The summed E-state index contributed by atoms with van der Waals surface area (Å²) in [7, 11) is 1.67. The minimum Gasteiger partial charge on any atom is -0.405 e. The lowest BCUT2D eigenvalue weighted by molar-refractivity contribution is 1.43. The summed E-state index contributed by atoms with van der Waals surface area (Å²) < 4.78 is 0. The Bertz CT molecular complexity index is 646. The van der Waals surface area contributed by atoms with Crippen molar-refractivity contribution in [2.75, 3.05) is 7.05 Å². The number of nitrogens with two attached hydrogens (primary N) is 1. The van der Waals surface area contributed by atoms with E-state index in [0.717, 1.165) is 15.1 Å². The van der Waals surface area contributed by atoms with E-state index >= 15 is 0 Å². The summed E-state index contributed by atoms with van der Waals surface area (Å²) in [5.74, 6) is 0. The lowest BCUT2D eigenvalue weighted by Gasteiger charge is -1.95. The largest absolute Gasteiger partial charge is 0.405 e. The maximum Gasteiger partial charge on any atom is 0.125 e. The second-order valence-electron chi connectivity index (χ2n) is 3.24. The standard InChI is InChI=1S/C12H10N4S/c1-15-10(4-5-13)11-9(7-14)8-3-2-6-16-12(8)17-11/h2-6H,13H2,1H3/b5-4-,15-10?. The van der Waals surface area contributed by atoms with Crippen molar-refractivity contribution in [3.05, 3.63) is 41.0 Å². The Balaban J connectivity index is 2.74. The van der Waals surface area contributed by atoms with Crippen LogP contribution in [0.15, 0.2) is 35.6 Å². The molecule has 0 aliphatic rings. The number of thiophene rings is 1. The molecule has 5 heteroatoms. The fourth-order valence-electron chi connectivity index (χ4n) is 1.57. The first kappa shape index (κ1) is 11.3. The van der Waals surface area contributed by atoms with Gasteiger partial charge in [-0.05, 0) is 24.4 Å². The molecule has 0 aliphatic heterocycles. The van der Waals surface area contributed by atoms with E-state index in [-0.39, 0.29) is 0 Å². The first-order valence-electron chi connectivity index (χ1n) is 4.95. The van der Waals surface area contributed by atoms with Crippen LogP contribution in [0.25, 0.3) is 10.2 Å². The van der Waals surface area contributed by atoms with E-state index in [1.54, 1.807) is 19.3 Å². The number of pyridine rings is 1. The van der Waals surface area contributed by atoms with Crippen molar-refractivity contribution >= 4 is 27.3 Å². The Morgan fingerprint density at radius 2 is 2.47 bits per heavy atom. The maximum absolute atomic E-state index is 9.24. The number of fused-ring (bicyclic) bond motifs is 1. The van der Waals surface area contributed by atoms with Crippen LogP contribution in [-0.2, 0) is 0 Å². The molecule has 4 nitrogen and oxygen atoms in total. The predicted octanol–water partition coefficient (Wildman–Crippen LogP) is 2.06. The van der Waals surface area contributed by atoms with Gasteiger partial charge in [-0.3, -0.25) is 4.99 Å². The summed E-state index contributed by atoms with van der Waals surface area (Å²) in [6.45, 7) is 0. The minimum atomic E-state index is 0.608. The summed E-state index contributed by atoms with van der Waals surface area (Å²) in [5.41, 5.74) is 6.68. The van der Waals surface area contributed by atoms with Crippen molar-refractivity contribution in [3.63, 3.8) is 0 Å². The third kappa shape index (κ3) is 1.90. The molecule has 0 unspecified atom stereocenters. The van der Waals surface area contributed by atoms with Crippen LogP contribution in [0.1, 0.15) is 10.4 Å². The van der Waals surface area contributed by atoms with Crippen molar-refractivity contribution < 1.29 is 0 Å². The van der Waals surface area contributed by atoms with Crippen LogP contribution in [0.4, 0.5) is 0 Å². The summed E-state index contributed by atoms with van der Waals surface area (Å²) in [5, 5.41) is 10.1. The summed E-state index contributed by atoms with van der Waals surface area (Å²) in [6, 6.07) is 5.92. The van der Waals surface area contributed by atoms with Crippen LogP contribution in [0.3, 0.4) is 0 Å². The molecule has 0 saturated carbocycles. The van der Waals surface area contributed by atoms with E-state index in [1.807, 2.05) is 12.1 Å². The van der Waals surface area contributed by atoms with Gasteiger partial charge in [0.05, 0.1) is 16.2 Å². The van der Waals surface area contributed by atoms with Gasteiger partial charge in [-0.25, -0.2) is 4.98 Å². The SMILES string of the molecule is CN=C(/C=C\N)c1sc2ncccc2c1C#N. The molecule has 0 amide bonds. The molecule has 17 heavy (non-hydrogen) atoms. The number of rotatable bonds is 2. The van der Waals surface area contributed by atoms with Crippen LogP contribution in [-0.4, -0.2) is 17.7 Å². The Hall–Kier alpha value is -2.19. The Kier molecular flexibility index (Phi) is 3.17. The van der Waals surface area contributed by atoms with Gasteiger partial charge in [-0.1, -0.05) is 0 Å². The van der Waals surface area contributed by atoms with Crippen LogP contribution in [0, 0.1) is 11.3 Å². The fourth-order valence-corrected chi connectivity index (χ4v) is 2.68. The van der Waals surface area contributed by atoms with E-state index in [2.05, 4.69) is 16.0 Å². The number of allylic oxidation sites excluding steroid dienone is 1. The number of nitriles is 1. The molecular formula is C12H10N4S. The summed E-state index contributed by atoms with van der Waals surface area (Å²) >= 11 is 1.45. The Labute approximate surface area is 103 Å². The van der Waals surface area contributed by atoms with Gasteiger partial charge >= 0.3 is 0 Å². The van der Waals surface area contributed by atoms with Gasteiger partial charge in [0.1, 0.15) is 10.9 Å². The monoisotopic (exact) mass is 242 g/mol. The first-order chi connectivity index (χ1) is 8.31. The number of nitrogens with zero attached hydrogens (tertiary/aromatic N) is 3. The fraction of sp³-hybridized carbons (Fsp3) is 0.0833. The molecule has 0 aromatic carbocycles. The van der Waals surface area contributed by atoms with Crippen molar-refractivity contribution in [1.82, 2.24) is 4.98 Å². The van der Waals surface area contributed by atoms with Crippen molar-refractivity contribution in [3.8, 4) is 6.07 Å². The Morgan fingerprint density at radius 3 is 3.12 bits per heavy atom. The second kappa shape index (κ2) is 4.76. The molecule has 0 saturated heterocycles. The molecule has 0 spiro atoms. The topological polar surface area (TPSA) is 75.1 Å². The average molecular weight is 242 g/mol. The highest BCUT2D eigenvalue weighted by Crippen LogP contribution is 2.29. The zero-order valence-electron chi connectivity index (χ0n) is 9.21. The molecule has 0 bridgehead atoms. The van der Waals surface area contributed by atoms with Crippen molar-refractivity contribution in [1.29, 1.82) is 5.26 Å². The van der Waals surface area contributed by atoms with Crippen LogP contribution < -0.4 is 5.73 Å². The van der Waals surface area contributed by atoms with Crippen LogP contribution >= 0.6 is 11.3 Å². The molecular weight excluding hydrogens is 232 g/mol. The second-order valence-corrected chi connectivity index (χ2v) is 4.24. The van der Waals surface area contributed by atoms with E-state index in [0.29, 0.717) is 11.3 Å². The number of hydrogen-bond acceptors (Lipinski definition) is 5. The van der Waals surface area contributed by atoms with E-state index < -0.39 is 0 Å². The summed E-state index contributed by atoms with van der Waals surface area (Å²) in [6.07, 6.45) is 4.82. The van der Waals surface area contributed by atoms with E-state index in [1.165, 1.54) is 17.5 Å². The van der Waals surface area contributed by atoms with Crippen LogP contribution in [0.2, 0.25) is 0 Å². The van der Waals surface area contributed by atoms with Gasteiger partial charge in [0, 0.05) is 18.6 Å².